The Hall–Kier alpha value is -1.04. The molecule has 106 valence electrons. The lowest BCUT2D eigenvalue weighted by Gasteiger charge is -2.10. The smallest absolute Gasteiger partial charge is 0.190 e. The molecular formula is C12H12Cl2F2O3. The van der Waals surface area contributed by atoms with Crippen molar-refractivity contribution in [1.29, 1.82) is 0 Å². The van der Waals surface area contributed by atoms with Crippen molar-refractivity contribution in [2.45, 2.75) is 6.42 Å². The van der Waals surface area contributed by atoms with Crippen LogP contribution >= 0.6 is 23.2 Å². The SMILES string of the molecule is OCCCOc1c(F)cc(OCC=C(Cl)Cl)cc1F. The van der Waals surface area contributed by atoms with Crippen molar-refractivity contribution in [1.82, 2.24) is 0 Å². The van der Waals surface area contributed by atoms with E-state index in [0.29, 0.717) is 0 Å². The molecule has 1 N–H and O–H groups in total. The molecule has 0 saturated carbocycles. The van der Waals surface area contributed by atoms with Gasteiger partial charge in [-0.05, 0) is 6.08 Å². The molecule has 0 atom stereocenters. The fraction of sp³-hybridized carbons (Fsp3) is 0.333. The van der Waals surface area contributed by atoms with Crippen LogP contribution in [-0.2, 0) is 0 Å². The highest BCUT2D eigenvalue weighted by Crippen LogP contribution is 2.27. The number of aliphatic hydroxyl groups excluding tert-OH is 1. The zero-order valence-electron chi connectivity index (χ0n) is 9.84. The molecule has 0 bridgehead atoms. The molecule has 0 unspecified atom stereocenters. The Morgan fingerprint density at radius 3 is 2.37 bits per heavy atom. The maximum atomic E-state index is 13.5. The van der Waals surface area contributed by atoms with Crippen LogP contribution in [-0.4, -0.2) is 24.9 Å². The monoisotopic (exact) mass is 312 g/mol. The van der Waals surface area contributed by atoms with Crippen molar-refractivity contribution in [3.8, 4) is 11.5 Å². The van der Waals surface area contributed by atoms with Crippen LogP contribution < -0.4 is 9.47 Å². The van der Waals surface area contributed by atoms with E-state index in [-0.39, 0.29) is 36.5 Å². The van der Waals surface area contributed by atoms with Gasteiger partial charge in [0, 0.05) is 25.2 Å². The van der Waals surface area contributed by atoms with Crippen molar-refractivity contribution in [3.05, 3.63) is 34.3 Å². The summed E-state index contributed by atoms with van der Waals surface area (Å²) in [5.74, 6) is -2.26. The fourth-order valence-corrected chi connectivity index (χ4v) is 1.32. The van der Waals surface area contributed by atoms with E-state index in [1.807, 2.05) is 0 Å². The summed E-state index contributed by atoms with van der Waals surface area (Å²) in [7, 11) is 0. The number of aliphatic hydroxyl groups is 1. The van der Waals surface area contributed by atoms with Crippen molar-refractivity contribution in [2.75, 3.05) is 19.8 Å². The van der Waals surface area contributed by atoms with E-state index in [2.05, 4.69) is 0 Å². The summed E-state index contributed by atoms with van der Waals surface area (Å²) >= 11 is 10.7. The highest BCUT2D eigenvalue weighted by Gasteiger charge is 2.13. The first-order valence-corrected chi connectivity index (χ1v) is 6.17. The second-order valence-corrected chi connectivity index (χ2v) is 4.45. The van der Waals surface area contributed by atoms with Gasteiger partial charge >= 0.3 is 0 Å². The summed E-state index contributed by atoms with van der Waals surface area (Å²) in [5.41, 5.74) is 0. The van der Waals surface area contributed by atoms with Crippen LogP contribution in [0, 0.1) is 11.6 Å². The second kappa shape index (κ2) is 8.19. The van der Waals surface area contributed by atoms with Gasteiger partial charge in [0.25, 0.3) is 0 Å². The van der Waals surface area contributed by atoms with Crippen LogP contribution in [0.3, 0.4) is 0 Å². The summed E-state index contributed by atoms with van der Waals surface area (Å²) in [6.45, 7) is -0.100. The minimum absolute atomic E-state index is 0.00431. The summed E-state index contributed by atoms with van der Waals surface area (Å²) in [6, 6.07) is 1.99. The van der Waals surface area contributed by atoms with Crippen molar-refractivity contribution in [2.24, 2.45) is 0 Å². The molecule has 0 aliphatic carbocycles. The number of halogens is 4. The molecule has 1 aromatic carbocycles. The van der Waals surface area contributed by atoms with E-state index >= 15 is 0 Å². The largest absolute Gasteiger partial charge is 0.489 e. The molecule has 7 heteroatoms. The molecule has 0 aliphatic rings. The molecule has 19 heavy (non-hydrogen) atoms. The van der Waals surface area contributed by atoms with E-state index in [0.717, 1.165) is 12.1 Å². The number of rotatable bonds is 7. The summed E-state index contributed by atoms with van der Waals surface area (Å²) in [4.78, 5) is 0. The van der Waals surface area contributed by atoms with Crippen LogP contribution in [0.25, 0.3) is 0 Å². The lowest BCUT2D eigenvalue weighted by Crippen LogP contribution is -2.04. The highest BCUT2D eigenvalue weighted by molar-refractivity contribution is 6.55. The molecule has 1 aromatic rings. The van der Waals surface area contributed by atoms with E-state index in [9.17, 15) is 8.78 Å². The molecule has 3 nitrogen and oxygen atoms in total. The first kappa shape index (κ1) is 16.0. The fourth-order valence-electron chi connectivity index (χ4n) is 1.20. The van der Waals surface area contributed by atoms with E-state index < -0.39 is 17.4 Å². The number of hydrogen-bond donors (Lipinski definition) is 1. The zero-order valence-corrected chi connectivity index (χ0v) is 11.3. The highest BCUT2D eigenvalue weighted by atomic mass is 35.5. The average molecular weight is 313 g/mol. The Morgan fingerprint density at radius 1 is 1.21 bits per heavy atom. The van der Waals surface area contributed by atoms with Crippen LogP contribution in [0.2, 0.25) is 0 Å². The Labute approximate surface area is 119 Å². The van der Waals surface area contributed by atoms with Crippen LogP contribution in [0.5, 0.6) is 11.5 Å². The van der Waals surface area contributed by atoms with Gasteiger partial charge < -0.3 is 14.6 Å². The molecular weight excluding hydrogens is 301 g/mol. The van der Waals surface area contributed by atoms with Gasteiger partial charge in [0.15, 0.2) is 17.4 Å². The standard InChI is InChI=1S/C12H12Cl2F2O3/c13-11(14)2-5-18-8-6-9(15)12(10(16)7-8)19-4-1-3-17/h2,6-7,17H,1,3-5H2. The third kappa shape index (κ3) is 5.63. The van der Waals surface area contributed by atoms with Crippen molar-refractivity contribution < 1.29 is 23.4 Å². The van der Waals surface area contributed by atoms with Gasteiger partial charge in [-0.1, -0.05) is 23.2 Å². The minimum Gasteiger partial charge on any atom is -0.489 e. The molecule has 0 heterocycles. The first-order chi connectivity index (χ1) is 9.04. The molecule has 1 rings (SSSR count). The normalized spacial score (nSPS) is 10.2. The Bertz CT molecular complexity index is 426. The molecule has 0 radical (unpaired) electrons. The topological polar surface area (TPSA) is 38.7 Å². The Kier molecular flexibility index (Phi) is 6.91. The maximum Gasteiger partial charge on any atom is 0.190 e. The minimum atomic E-state index is -0.881. The first-order valence-electron chi connectivity index (χ1n) is 5.41. The lowest BCUT2D eigenvalue weighted by atomic mass is 10.3. The molecule has 0 aliphatic heterocycles. The number of ether oxygens (including phenoxy) is 2. The molecule has 0 saturated heterocycles. The maximum absolute atomic E-state index is 13.5. The molecule has 0 aromatic heterocycles. The summed E-state index contributed by atoms with van der Waals surface area (Å²) in [5, 5.41) is 8.55. The van der Waals surface area contributed by atoms with Crippen LogP contribution in [0.1, 0.15) is 6.42 Å². The van der Waals surface area contributed by atoms with E-state index in [1.54, 1.807) is 0 Å². The average Bonchev–Trinajstić information content (AvgIpc) is 2.32. The Morgan fingerprint density at radius 2 is 1.84 bits per heavy atom. The van der Waals surface area contributed by atoms with Crippen LogP contribution in [0.15, 0.2) is 22.7 Å². The van der Waals surface area contributed by atoms with Gasteiger partial charge in [-0.2, -0.15) is 0 Å². The molecule has 0 amide bonds. The van der Waals surface area contributed by atoms with Crippen molar-refractivity contribution in [3.63, 3.8) is 0 Å². The third-order valence-electron chi connectivity index (χ3n) is 2.01. The van der Waals surface area contributed by atoms with Gasteiger partial charge in [0.1, 0.15) is 16.8 Å². The van der Waals surface area contributed by atoms with E-state index in [1.165, 1.54) is 6.08 Å². The summed E-state index contributed by atoms with van der Waals surface area (Å²) in [6.07, 6.45) is 1.63. The Balaban J connectivity index is 2.70. The quantitative estimate of drug-likeness (QED) is 0.784. The number of hydrogen-bond acceptors (Lipinski definition) is 3. The lowest BCUT2D eigenvalue weighted by molar-refractivity contribution is 0.222. The third-order valence-corrected chi connectivity index (χ3v) is 2.32. The van der Waals surface area contributed by atoms with Crippen LogP contribution in [0.4, 0.5) is 8.78 Å². The van der Waals surface area contributed by atoms with Gasteiger partial charge in [-0.3, -0.25) is 0 Å². The van der Waals surface area contributed by atoms with Gasteiger partial charge in [-0.15, -0.1) is 0 Å². The molecule has 0 spiro atoms. The van der Waals surface area contributed by atoms with Crippen molar-refractivity contribution >= 4 is 23.2 Å². The van der Waals surface area contributed by atoms with Gasteiger partial charge in [-0.25, -0.2) is 8.78 Å². The van der Waals surface area contributed by atoms with Gasteiger partial charge in [0.05, 0.1) is 6.61 Å². The summed E-state index contributed by atoms with van der Waals surface area (Å²) < 4.78 is 37.0. The predicted octanol–water partition coefficient (Wildman–Crippen LogP) is 3.42. The van der Waals surface area contributed by atoms with Gasteiger partial charge in [0.2, 0.25) is 0 Å². The predicted molar refractivity (Wildman–Crippen MR) is 68.8 cm³/mol. The zero-order chi connectivity index (χ0) is 14.3. The van der Waals surface area contributed by atoms with E-state index in [4.69, 9.17) is 37.8 Å². The second-order valence-electron chi connectivity index (χ2n) is 3.45. The number of benzene rings is 1. The molecule has 0 fully saturated rings.